The van der Waals surface area contributed by atoms with Crippen molar-refractivity contribution in [1.82, 2.24) is 0 Å². The highest BCUT2D eigenvalue weighted by molar-refractivity contribution is 5.97. The summed E-state index contributed by atoms with van der Waals surface area (Å²) in [6.45, 7) is 4.04. The molecular formula is C33H45NO15-6. The molecule has 2 aliphatic rings. The Morgan fingerprint density at radius 1 is 0.755 bits per heavy atom. The van der Waals surface area contributed by atoms with Crippen LogP contribution in [0.3, 0.4) is 0 Å². The number of aliphatic carboxylic acids is 6. The number of methoxy groups -OCH3 is 3. The fraction of sp³-hybridized carbons (Fsp3) is 0.636. The highest BCUT2D eigenvalue weighted by Crippen LogP contribution is 2.36. The van der Waals surface area contributed by atoms with Crippen LogP contribution in [0.25, 0.3) is 0 Å². The molecule has 0 aliphatic heterocycles. The third kappa shape index (κ3) is 14.9. The van der Waals surface area contributed by atoms with Crippen LogP contribution in [0.1, 0.15) is 82.3 Å². The molecule has 278 valence electrons. The zero-order valence-corrected chi connectivity index (χ0v) is 28.3. The maximum absolute atomic E-state index is 10.7. The first-order valence-electron chi connectivity index (χ1n) is 15.6. The molecule has 3 rings (SSSR count). The fourth-order valence-electron chi connectivity index (χ4n) is 5.11. The van der Waals surface area contributed by atoms with Gasteiger partial charge in [0.1, 0.15) is 0 Å². The Balaban J connectivity index is 0.000000644. The Bertz CT molecular complexity index is 1170. The Labute approximate surface area is 285 Å². The molecule has 0 radical (unpaired) electrons. The largest absolute Gasteiger partial charge is 0.549 e. The van der Waals surface area contributed by atoms with E-state index in [9.17, 15) is 59.4 Å². The van der Waals surface area contributed by atoms with E-state index >= 15 is 0 Å². The number of hydrogen-bond acceptors (Lipinski definition) is 16. The lowest BCUT2D eigenvalue weighted by Crippen LogP contribution is -2.55. The molecule has 0 aromatic heterocycles. The Kier molecular flexibility index (Phi) is 20.6. The van der Waals surface area contributed by atoms with E-state index in [1.807, 2.05) is 0 Å². The molecule has 16 heteroatoms. The molecule has 3 atom stereocenters. The molecule has 3 unspecified atom stereocenters. The van der Waals surface area contributed by atoms with Gasteiger partial charge in [0, 0.05) is 38.7 Å². The number of carboxylic acid groups (broad SMARTS) is 6. The minimum atomic E-state index is -1.81. The smallest absolute Gasteiger partial charge is 0.0713 e. The molecule has 0 amide bonds. The summed E-state index contributed by atoms with van der Waals surface area (Å²) in [5, 5.41) is 62.4. The molecule has 16 nitrogen and oxygen atoms in total. The molecule has 1 aromatic rings. The van der Waals surface area contributed by atoms with E-state index < -0.39 is 53.1 Å². The van der Waals surface area contributed by atoms with Gasteiger partial charge in [-0.3, -0.25) is 0 Å². The van der Waals surface area contributed by atoms with Crippen LogP contribution in [0.5, 0.6) is 0 Å². The monoisotopic (exact) mass is 695 g/mol. The van der Waals surface area contributed by atoms with Crippen LogP contribution in [0.4, 0.5) is 0 Å². The van der Waals surface area contributed by atoms with Crippen LogP contribution < -0.4 is 36.4 Å². The van der Waals surface area contributed by atoms with Crippen molar-refractivity contribution in [1.29, 1.82) is 0 Å². The van der Waals surface area contributed by atoms with Crippen LogP contribution in [0.15, 0.2) is 24.3 Å². The van der Waals surface area contributed by atoms with Crippen molar-refractivity contribution >= 4 is 35.8 Å². The van der Waals surface area contributed by atoms with E-state index in [0.717, 1.165) is 12.0 Å². The van der Waals surface area contributed by atoms with Crippen LogP contribution in [-0.4, -0.2) is 75.4 Å². The molecule has 49 heavy (non-hydrogen) atoms. The summed E-state index contributed by atoms with van der Waals surface area (Å²) < 4.78 is 15.1. The Morgan fingerprint density at radius 3 is 1.53 bits per heavy atom. The molecule has 0 saturated heterocycles. The van der Waals surface area contributed by atoms with Crippen molar-refractivity contribution in [2.24, 2.45) is 23.0 Å². The molecule has 2 aliphatic carbocycles. The highest BCUT2D eigenvalue weighted by Gasteiger charge is 2.38. The summed E-state index contributed by atoms with van der Waals surface area (Å²) in [6.07, 6.45) is 4.70. The summed E-state index contributed by atoms with van der Waals surface area (Å²) in [5.41, 5.74) is 5.00. The van der Waals surface area contributed by atoms with E-state index in [2.05, 4.69) is 6.92 Å². The second-order valence-electron chi connectivity index (χ2n) is 11.7. The lowest BCUT2D eigenvalue weighted by atomic mass is 9.73. The molecule has 2 saturated carbocycles. The topological polar surface area (TPSA) is 294 Å². The number of rotatable bonds is 12. The van der Waals surface area contributed by atoms with Gasteiger partial charge in [-0.1, -0.05) is 38.1 Å². The molecule has 0 bridgehead atoms. The number of nitrogens with two attached hydrogens (primary N) is 1. The average Bonchev–Trinajstić information content (AvgIpc) is 3.03. The minimum Gasteiger partial charge on any atom is -0.549 e. The molecule has 0 spiro atoms. The number of hydrogen-bond donors (Lipinski definition) is 1. The van der Waals surface area contributed by atoms with Gasteiger partial charge in [-0.05, 0) is 68.4 Å². The van der Waals surface area contributed by atoms with Gasteiger partial charge < -0.3 is 79.4 Å². The number of ether oxygens (including phenoxy) is 3. The van der Waals surface area contributed by atoms with Gasteiger partial charge in [-0.15, -0.1) is 0 Å². The number of carbonyl (C=O) groups excluding carboxylic acids is 6. The summed E-state index contributed by atoms with van der Waals surface area (Å²) in [4.78, 5) is 62.4. The highest BCUT2D eigenvalue weighted by atomic mass is 16.5. The van der Waals surface area contributed by atoms with Gasteiger partial charge >= 0.3 is 0 Å². The van der Waals surface area contributed by atoms with Gasteiger partial charge in [0.15, 0.2) is 0 Å². The first-order chi connectivity index (χ1) is 22.9. The molecule has 0 heterocycles. The molecule has 2 fully saturated rings. The van der Waals surface area contributed by atoms with Gasteiger partial charge in [0.2, 0.25) is 0 Å². The first kappa shape index (κ1) is 44.9. The van der Waals surface area contributed by atoms with Crippen molar-refractivity contribution in [2.45, 2.75) is 96.0 Å². The van der Waals surface area contributed by atoms with Gasteiger partial charge in [-0.25, -0.2) is 0 Å². The zero-order valence-electron chi connectivity index (χ0n) is 28.3. The lowest BCUT2D eigenvalue weighted by Gasteiger charge is -2.41. The summed E-state index contributed by atoms with van der Waals surface area (Å²) in [5.74, 6) is -12.2. The normalized spacial score (nSPS) is 19.9. The predicted octanol–water partition coefficient (Wildman–Crippen LogP) is -4.86. The number of carboxylic acids is 6. The molecule has 1 aromatic carbocycles. The molecule has 2 N–H and O–H groups in total. The lowest BCUT2D eigenvalue weighted by molar-refractivity contribution is -0.346. The number of benzene rings is 1. The summed E-state index contributed by atoms with van der Waals surface area (Å²) in [7, 11) is 4.82. The SMILES string of the molecule is CCC(C(=O)[O-])C(=O)[O-].COC1CCC(C(=O)[O-])(C(=O)[O-])CC1.COC1CCC(C)C(N)C1.COCc1ccc(C(C(=O)[O-])C(=O)[O-])cc1. The van der Waals surface area contributed by atoms with Gasteiger partial charge in [-0.2, -0.15) is 0 Å². The average molecular weight is 696 g/mol. The van der Waals surface area contributed by atoms with Crippen LogP contribution in [0, 0.1) is 17.3 Å². The van der Waals surface area contributed by atoms with Crippen LogP contribution in [0.2, 0.25) is 0 Å². The first-order valence-corrected chi connectivity index (χ1v) is 15.6. The van der Waals surface area contributed by atoms with Crippen molar-refractivity contribution < 1.29 is 73.6 Å². The van der Waals surface area contributed by atoms with Crippen molar-refractivity contribution in [3.8, 4) is 0 Å². The Morgan fingerprint density at radius 2 is 1.22 bits per heavy atom. The van der Waals surface area contributed by atoms with Gasteiger partial charge in [0.05, 0.1) is 60.5 Å². The van der Waals surface area contributed by atoms with E-state index in [-0.39, 0.29) is 30.9 Å². The fourth-order valence-corrected chi connectivity index (χ4v) is 5.11. The third-order valence-electron chi connectivity index (χ3n) is 8.52. The Hall–Kier alpha value is -4.12. The van der Waals surface area contributed by atoms with Gasteiger partial charge in [0.25, 0.3) is 0 Å². The summed E-state index contributed by atoms with van der Waals surface area (Å²) in [6, 6.07) is 6.36. The second-order valence-corrected chi connectivity index (χ2v) is 11.7. The summed E-state index contributed by atoms with van der Waals surface area (Å²) >= 11 is 0. The number of carbonyl (C=O) groups is 6. The van der Waals surface area contributed by atoms with Crippen LogP contribution in [-0.2, 0) is 49.6 Å². The van der Waals surface area contributed by atoms with Crippen molar-refractivity contribution in [3.05, 3.63) is 35.4 Å². The van der Waals surface area contributed by atoms with E-state index in [1.54, 1.807) is 19.2 Å². The second kappa shape index (κ2) is 22.5. The standard InChI is InChI=1S/C11H12O5.C9H14O5.C8H17NO.C5H8O4/c1-16-6-7-2-4-8(5-3-7)9(10(12)13)11(14)15;1-14-6-2-4-9(5-3-6,7(10)11)8(12)13;1-6-3-4-7(10-2)5-8(6)9;1-2-3(4(6)7)5(8)9/h2-5,9H,6H2,1H3,(H,12,13)(H,14,15);6H,2-5H2,1H3,(H,10,11)(H,12,13);6-8H,3-5,9H2,1-2H3;3H,2H2,1H3,(H,6,7)(H,8,9)/p-6. The predicted molar refractivity (Wildman–Crippen MR) is 157 cm³/mol. The van der Waals surface area contributed by atoms with Crippen molar-refractivity contribution in [2.75, 3.05) is 21.3 Å². The molecular weight excluding hydrogens is 650 g/mol. The minimum absolute atomic E-state index is 0.00463. The maximum atomic E-state index is 10.7. The van der Waals surface area contributed by atoms with Crippen LogP contribution >= 0.6 is 0 Å². The van der Waals surface area contributed by atoms with Crippen molar-refractivity contribution in [3.63, 3.8) is 0 Å². The maximum Gasteiger partial charge on any atom is 0.0713 e. The van der Waals surface area contributed by atoms with E-state index in [4.69, 9.17) is 19.9 Å². The van der Waals surface area contributed by atoms with E-state index in [0.29, 0.717) is 37.5 Å². The quantitative estimate of drug-likeness (QED) is 0.200. The zero-order chi connectivity index (χ0) is 37.9. The third-order valence-corrected chi connectivity index (χ3v) is 8.52. The van der Waals surface area contributed by atoms with E-state index in [1.165, 1.54) is 46.1 Å².